The Labute approximate surface area is 139 Å². The number of hydrogen-bond acceptors (Lipinski definition) is 3. The van der Waals surface area contributed by atoms with Crippen molar-refractivity contribution in [3.63, 3.8) is 0 Å². The van der Waals surface area contributed by atoms with Crippen LogP contribution < -0.4 is 5.32 Å². The maximum atomic E-state index is 12.8. The molecule has 1 aromatic heterocycles. The number of para-hydroxylation sites is 1. The monoisotopic (exact) mass is 336 g/mol. The molecule has 7 heteroatoms. The molecule has 0 saturated carbocycles. The van der Waals surface area contributed by atoms with Crippen molar-refractivity contribution < 1.29 is 13.6 Å². The van der Waals surface area contributed by atoms with Crippen LogP contribution in [0, 0.1) is 5.92 Å². The third-order valence-corrected chi connectivity index (χ3v) is 4.55. The zero-order valence-electron chi connectivity index (χ0n) is 13.7. The number of carbonyl (C=O) groups excluding carboxylic acids is 1. The van der Waals surface area contributed by atoms with Crippen molar-refractivity contribution in [1.29, 1.82) is 0 Å². The third-order valence-electron chi connectivity index (χ3n) is 4.55. The molecule has 1 fully saturated rings. The van der Waals surface area contributed by atoms with Crippen LogP contribution in [0.25, 0.3) is 11.0 Å². The summed E-state index contributed by atoms with van der Waals surface area (Å²) in [6.07, 6.45) is -0.767. The summed E-state index contributed by atoms with van der Waals surface area (Å²) >= 11 is 0. The maximum absolute atomic E-state index is 12.8. The molecular formula is C17H22F2N4O. The molecule has 5 nitrogen and oxygen atoms in total. The van der Waals surface area contributed by atoms with E-state index < -0.39 is 12.2 Å². The Morgan fingerprint density at radius 1 is 1.42 bits per heavy atom. The highest BCUT2D eigenvalue weighted by molar-refractivity contribution is 6.04. The molecule has 3 rings (SSSR count). The first kappa shape index (κ1) is 16.8. The van der Waals surface area contributed by atoms with E-state index in [1.807, 2.05) is 0 Å². The lowest BCUT2D eigenvalue weighted by atomic mass is 9.96. The van der Waals surface area contributed by atoms with E-state index >= 15 is 0 Å². The van der Waals surface area contributed by atoms with Crippen LogP contribution in [-0.2, 0) is 0 Å². The summed E-state index contributed by atoms with van der Waals surface area (Å²) < 4.78 is 25.7. The Morgan fingerprint density at radius 3 is 2.83 bits per heavy atom. The molecular weight excluding hydrogens is 314 g/mol. The van der Waals surface area contributed by atoms with E-state index in [2.05, 4.69) is 22.2 Å². The standard InChI is InChI=1S/C17H22F2N4O/c1-2-20-10-11-6-8-23(9-7-11)17(24)12-4-3-5-13-14(12)22-16(21-13)15(18)19/h3-5,11,15,20H,2,6-10H2,1H3,(H,21,22). The lowest BCUT2D eigenvalue weighted by Crippen LogP contribution is -2.40. The Morgan fingerprint density at radius 2 is 2.17 bits per heavy atom. The molecule has 1 aliphatic heterocycles. The number of amides is 1. The van der Waals surface area contributed by atoms with Crippen LogP contribution in [0.15, 0.2) is 18.2 Å². The number of nitrogens with zero attached hydrogens (tertiary/aromatic N) is 2. The number of carbonyl (C=O) groups is 1. The van der Waals surface area contributed by atoms with Crippen LogP contribution in [0.2, 0.25) is 0 Å². The summed E-state index contributed by atoms with van der Waals surface area (Å²) in [6.45, 7) is 5.39. The van der Waals surface area contributed by atoms with E-state index in [0.29, 0.717) is 35.6 Å². The van der Waals surface area contributed by atoms with E-state index in [9.17, 15) is 13.6 Å². The number of nitrogens with one attached hydrogen (secondary N) is 2. The first-order valence-electron chi connectivity index (χ1n) is 8.37. The molecule has 0 spiro atoms. The van der Waals surface area contributed by atoms with Gasteiger partial charge < -0.3 is 15.2 Å². The largest absolute Gasteiger partial charge is 0.339 e. The number of fused-ring (bicyclic) bond motifs is 1. The minimum Gasteiger partial charge on any atom is -0.339 e. The van der Waals surface area contributed by atoms with E-state index in [1.165, 1.54) is 0 Å². The van der Waals surface area contributed by atoms with Crippen molar-refractivity contribution in [2.75, 3.05) is 26.2 Å². The minimum absolute atomic E-state index is 0.130. The molecule has 130 valence electrons. The fraction of sp³-hybridized carbons (Fsp3) is 0.529. The van der Waals surface area contributed by atoms with Crippen molar-refractivity contribution in [3.05, 3.63) is 29.6 Å². The summed E-state index contributed by atoms with van der Waals surface area (Å²) in [5, 5.41) is 3.34. The smallest absolute Gasteiger partial charge is 0.295 e. The summed E-state index contributed by atoms with van der Waals surface area (Å²) in [5.74, 6) is 0.0602. The molecule has 2 N–H and O–H groups in total. The number of piperidine rings is 1. The quantitative estimate of drug-likeness (QED) is 0.882. The summed E-state index contributed by atoms with van der Waals surface area (Å²) in [4.78, 5) is 21.1. The number of hydrogen-bond donors (Lipinski definition) is 2. The topological polar surface area (TPSA) is 61.0 Å². The summed E-state index contributed by atoms with van der Waals surface area (Å²) in [6, 6.07) is 5.01. The van der Waals surface area contributed by atoms with Gasteiger partial charge in [-0.1, -0.05) is 13.0 Å². The van der Waals surface area contributed by atoms with Gasteiger partial charge in [0, 0.05) is 13.1 Å². The van der Waals surface area contributed by atoms with Gasteiger partial charge in [-0.05, 0) is 44.0 Å². The Hall–Kier alpha value is -2.02. The van der Waals surface area contributed by atoms with Crippen LogP contribution in [0.5, 0.6) is 0 Å². The highest BCUT2D eigenvalue weighted by Crippen LogP contribution is 2.25. The molecule has 0 atom stereocenters. The van der Waals surface area contributed by atoms with Gasteiger partial charge in [-0.15, -0.1) is 0 Å². The number of H-pyrrole nitrogens is 1. The van der Waals surface area contributed by atoms with Crippen molar-refractivity contribution in [2.45, 2.75) is 26.2 Å². The predicted octanol–water partition coefficient (Wildman–Crippen LogP) is 2.96. The second kappa shape index (κ2) is 7.25. The van der Waals surface area contributed by atoms with Gasteiger partial charge in [0.15, 0.2) is 5.82 Å². The van der Waals surface area contributed by atoms with E-state index in [0.717, 1.165) is 25.9 Å². The zero-order valence-corrected chi connectivity index (χ0v) is 13.7. The Kier molecular flexibility index (Phi) is 5.08. The number of likely N-dealkylation sites (tertiary alicyclic amines) is 1. The van der Waals surface area contributed by atoms with Gasteiger partial charge in [-0.25, -0.2) is 13.8 Å². The summed E-state index contributed by atoms with van der Waals surface area (Å²) in [7, 11) is 0. The number of halogens is 2. The number of aromatic nitrogens is 2. The van der Waals surface area contributed by atoms with E-state index in [-0.39, 0.29) is 5.91 Å². The second-order valence-corrected chi connectivity index (χ2v) is 6.17. The molecule has 2 aromatic rings. The molecule has 0 radical (unpaired) electrons. The average Bonchev–Trinajstić information content (AvgIpc) is 3.04. The molecule has 2 heterocycles. The highest BCUT2D eigenvalue weighted by Gasteiger charge is 2.25. The fourth-order valence-corrected chi connectivity index (χ4v) is 3.19. The summed E-state index contributed by atoms with van der Waals surface area (Å²) in [5.41, 5.74) is 1.19. The number of alkyl halides is 2. The van der Waals surface area contributed by atoms with Crippen LogP contribution in [0.4, 0.5) is 8.78 Å². The van der Waals surface area contributed by atoms with E-state index in [4.69, 9.17) is 0 Å². The molecule has 0 bridgehead atoms. The van der Waals surface area contributed by atoms with Crippen LogP contribution in [0.1, 0.15) is 42.4 Å². The van der Waals surface area contributed by atoms with Gasteiger partial charge in [0.1, 0.15) is 5.52 Å². The first-order valence-corrected chi connectivity index (χ1v) is 8.37. The van der Waals surface area contributed by atoms with Gasteiger partial charge in [0.05, 0.1) is 11.1 Å². The first-order chi connectivity index (χ1) is 11.6. The lowest BCUT2D eigenvalue weighted by molar-refractivity contribution is 0.0692. The third kappa shape index (κ3) is 3.40. The van der Waals surface area contributed by atoms with Gasteiger partial charge in [0.2, 0.25) is 0 Å². The second-order valence-electron chi connectivity index (χ2n) is 6.17. The molecule has 1 aromatic carbocycles. The van der Waals surface area contributed by atoms with Crippen molar-refractivity contribution in [3.8, 4) is 0 Å². The Bertz CT molecular complexity index is 708. The van der Waals surface area contributed by atoms with Crippen LogP contribution in [0.3, 0.4) is 0 Å². The fourth-order valence-electron chi connectivity index (χ4n) is 3.19. The minimum atomic E-state index is -2.68. The van der Waals surface area contributed by atoms with Crippen molar-refractivity contribution in [1.82, 2.24) is 20.2 Å². The van der Waals surface area contributed by atoms with Crippen LogP contribution >= 0.6 is 0 Å². The van der Waals surface area contributed by atoms with Crippen LogP contribution in [-0.4, -0.2) is 47.0 Å². The number of rotatable bonds is 5. The van der Waals surface area contributed by atoms with Gasteiger partial charge in [-0.3, -0.25) is 4.79 Å². The SMILES string of the molecule is CCNCC1CCN(C(=O)c2cccc3[nH]c(C(F)F)nc23)CC1. The highest BCUT2D eigenvalue weighted by atomic mass is 19.3. The molecule has 24 heavy (non-hydrogen) atoms. The lowest BCUT2D eigenvalue weighted by Gasteiger charge is -2.32. The van der Waals surface area contributed by atoms with Crippen molar-refractivity contribution >= 4 is 16.9 Å². The van der Waals surface area contributed by atoms with E-state index in [1.54, 1.807) is 23.1 Å². The van der Waals surface area contributed by atoms with Gasteiger partial charge >= 0.3 is 0 Å². The number of imidazole rings is 1. The number of benzene rings is 1. The molecule has 0 aliphatic carbocycles. The number of aromatic amines is 1. The van der Waals surface area contributed by atoms with Gasteiger partial charge in [-0.2, -0.15) is 0 Å². The molecule has 1 saturated heterocycles. The maximum Gasteiger partial charge on any atom is 0.295 e. The van der Waals surface area contributed by atoms with Crippen molar-refractivity contribution in [2.24, 2.45) is 5.92 Å². The van der Waals surface area contributed by atoms with Gasteiger partial charge in [0.25, 0.3) is 12.3 Å². The Balaban J connectivity index is 1.75. The molecule has 0 unspecified atom stereocenters. The normalized spacial score (nSPS) is 16.2. The predicted molar refractivity (Wildman–Crippen MR) is 88.2 cm³/mol. The molecule has 1 amide bonds. The zero-order chi connectivity index (χ0) is 17.1. The average molecular weight is 336 g/mol. The molecule has 1 aliphatic rings.